The van der Waals surface area contributed by atoms with Crippen molar-refractivity contribution in [3.8, 4) is 10.6 Å². The number of thiophene rings is 1. The number of carbonyl (C=O) groups is 2. The Labute approximate surface area is 190 Å². The Hall–Kier alpha value is -3.52. The van der Waals surface area contributed by atoms with Gasteiger partial charge in [0, 0.05) is 23.3 Å². The molecular formula is C24H25N5O2S. The van der Waals surface area contributed by atoms with E-state index in [-0.39, 0.29) is 17.4 Å². The largest absolute Gasteiger partial charge is 0.347 e. The van der Waals surface area contributed by atoms with Crippen molar-refractivity contribution in [2.24, 2.45) is 0 Å². The number of amides is 2. The molecule has 2 amide bonds. The number of aryl methyl sites for hydroxylation is 1. The minimum Gasteiger partial charge on any atom is -0.347 e. The molecule has 7 nitrogen and oxygen atoms in total. The Morgan fingerprint density at radius 3 is 2.47 bits per heavy atom. The third-order valence-corrected chi connectivity index (χ3v) is 5.71. The molecule has 0 radical (unpaired) electrons. The van der Waals surface area contributed by atoms with Crippen LogP contribution < -0.4 is 10.6 Å². The van der Waals surface area contributed by atoms with Crippen molar-refractivity contribution in [1.29, 1.82) is 0 Å². The number of nitrogens with one attached hydrogen (secondary N) is 2. The first-order valence-corrected chi connectivity index (χ1v) is 11.3. The maximum absolute atomic E-state index is 13.2. The Morgan fingerprint density at radius 1 is 1.09 bits per heavy atom. The zero-order chi connectivity index (χ0) is 22.9. The predicted molar refractivity (Wildman–Crippen MR) is 128 cm³/mol. The average molecular weight is 448 g/mol. The second-order valence-electron chi connectivity index (χ2n) is 8.47. The smallest absolute Gasteiger partial charge is 0.256 e. The van der Waals surface area contributed by atoms with Gasteiger partial charge in [-0.15, -0.1) is 11.3 Å². The highest BCUT2D eigenvalue weighted by Crippen LogP contribution is 2.28. The second-order valence-corrected chi connectivity index (χ2v) is 9.41. The van der Waals surface area contributed by atoms with E-state index in [0.717, 1.165) is 10.6 Å². The molecule has 3 heterocycles. The van der Waals surface area contributed by atoms with E-state index in [2.05, 4.69) is 15.7 Å². The maximum atomic E-state index is 13.2. The van der Waals surface area contributed by atoms with Gasteiger partial charge in [0.05, 0.1) is 27.7 Å². The van der Waals surface area contributed by atoms with Crippen LogP contribution in [0.4, 0.5) is 5.69 Å². The third-order valence-electron chi connectivity index (χ3n) is 4.82. The molecule has 0 saturated carbocycles. The molecule has 4 rings (SSSR count). The number of fused-ring (bicyclic) bond motifs is 1. The van der Waals surface area contributed by atoms with Crippen LogP contribution in [-0.2, 0) is 6.54 Å². The van der Waals surface area contributed by atoms with Gasteiger partial charge in [-0.2, -0.15) is 5.10 Å². The van der Waals surface area contributed by atoms with Gasteiger partial charge in [0.1, 0.15) is 0 Å². The number of nitrogens with zero attached hydrogens (tertiary/aromatic N) is 3. The molecule has 0 aliphatic carbocycles. The predicted octanol–water partition coefficient (Wildman–Crippen LogP) is 4.96. The van der Waals surface area contributed by atoms with Crippen LogP contribution in [0.5, 0.6) is 0 Å². The fourth-order valence-electron chi connectivity index (χ4n) is 3.33. The van der Waals surface area contributed by atoms with E-state index >= 15 is 0 Å². The van der Waals surface area contributed by atoms with Crippen molar-refractivity contribution < 1.29 is 9.59 Å². The van der Waals surface area contributed by atoms with Gasteiger partial charge in [-0.1, -0.05) is 6.07 Å². The number of hydrogen-bond donors (Lipinski definition) is 2. The molecule has 4 aromatic rings. The minimum atomic E-state index is -0.320. The summed E-state index contributed by atoms with van der Waals surface area (Å²) in [6.07, 6.45) is 1.68. The summed E-state index contributed by atoms with van der Waals surface area (Å²) in [7, 11) is 0. The van der Waals surface area contributed by atoms with Crippen LogP contribution >= 0.6 is 11.3 Å². The highest BCUT2D eigenvalue weighted by Gasteiger charge is 2.19. The number of anilines is 1. The summed E-state index contributed by atoms with van der Waals surface area (Å²) in [5, 5.41) is 12.9. The first-order chi connectivity index (χ1) is 15.2. The molecule has 2 N–H and O–H groups in total. The summed E-state index contributed by atoms with van der Waals surface area (Å²) in [6.45, 7) is 8.44. The highest BCUT2D eigenvalue weighted by atomic mass is 32.1. The van der Waals surface area contributed by atoms with Crippen molar-refractivity contribution in [3.63, 3.8) is 0 Å². The highest BCUT2D eigenvalue weighted by molar-refractivity contribution is 7.13. The van der Waals surface area contributed by atoms with Crippen molar-refractivity contribution in [1.82, 2.24) is 20.1 Å². The van der Waals surface area contributed by atoms with Gasteiger partial charge in [-0.05, 0) is 69.5 Å². The summed E-state index contributed by atoms with van der Waals surface area (Å²) in [6, 6.07) is 12.6. The SMILES string of the molecule is CCn1ncc2c(C(=O)Nc3ccc(C(=O)NC(C)(C)C)cc3)cc(-c3cccs3)nc21. The lowest BCUT2D eigenvalue weighted by molar-refractivity contribution is 0.0919. The van der Waals surface area contributed by atoms with Crippen LogP contribution in [0, 0.1) is 0 Å². The average Bonchev–Trinajstić information content (AvgIpc) is 3.42. The van der Waals surface area contributed by atoms with Gasteiger partial charge < -0.3 is 10.6 Å². The van der Waals surface area contributed by atoms with Crippen molar-refractivity contribution in [3.05, 3.63) is 65.2 Å². The number of pyridine rings is 1. The van der Waals surface area contributed by atoms with E-state index in [1.54, 1.807) is 52.5 Å². The van der Waals surface area contributed by atoms with Gasteiger partial charge >= 0.3 is 0 Å². The standard InChI is InChI=1S/C24H25N5O2S/c1-5-29-21-18(14-25-29)17(13-19(27-21)20-7-6-12-32-20)23(31)26-16-10-8-15(9-11-16)22(30)28-24(2,3)4/h6-14H,5H2,1-4H3,(H,26,31)(H,28,30). The van der Waals surface area contributed by atoms with Crippen LogP contribution in [0.3, 0.4) is 0 Å². The molecule has 32 heavy (non-hydrogen) atoms. The van der Waals surface area contributed by atoms with Crippen LogP contribution in [-0.4, -0.2) is 32.1 Å². The lowest BCUT2D eigenvalue weighted by atomic mass is 10.1. The summed E-state index contributed by atoms with van der Waals surface area (Å²) < 4.78 is 1.78. The van der Waals surface area contributed by atoms with Crippen LogP contribution in [0.25, 0.3) is 21.6 Å². The molecule has 0 unspecified atom stereocenters. The summed E-state index contributed by atoms with van der Waals surface area (Å²) in [5.74, 6) is -0.406. The third kappa shape index (κ3) is 4.55. The van der Waals surface area contributed by atoms with Crippen LogP contribution in [0.2, 0.25) is 0 Å². The van der Waals surface area contributed by atoms with E-state index in [1.807, 2.05) is 45.2 Å². The molecule has 0 aliphatic rings. The first-order valence-electron chi connectivity index (χ1n) is 10.4. The number of aromatic nitrogens is 3. The summed E-state index contributed by atoms with van der Waals surface area (Å²) in [4.78, 5) is 31.3. The quantitative estimate of drug-likeness (QED) is 0.453. The van der Waals surface area contributed by atoms with Gasteiger partial charge in [0.25, 0.3) is 11.8 Å². The Morgan fingerprint density at radius 2 is 1.84 bits per heavy atom. The van der Waals surface area contributed by atoms with E-state index in [9.17, 15) is 9.59 Å². The normalized spacial score (nSPS) is 11.5. The van der Waals surface area contributed by atoms with E-state index < -0.39 is 0 Å². The molecule has 164 valence electrons. The van der Waals surface area contributed by atoms with Gasteiger partial charge in [0.15, 0.2) is 5.65 Å². The lowest BCUT2D eigenvalue weighted by Gasteiger charge is -2.20. The Kier molecular flexibility index (Phi) is 5.80. The number of hydrogen-bond acceptors (Lipinski definition) is 5. The number of carbonyl (C=O) groups excluding carboxylic acids is 2. The summed E-state index contributed by atoms with van der Waals surface area (Å²) >= 11 is 1.57. The molecule has 1 aromatic carbocycles. The molecule has 8 heteroatoms. The minimum absolute atomic E-state index is 0.154. The molecule has 3 aromatic heterocycles. The van der Waals surface area contributed by atoms with Gasteiger partial charge in [-0.3, -0.25) is 9.59 Å². The van der Waals surface area contributed by atoms with Crippen molar-refractivity contribution >= 4 is 39.9 Å². The molecule has 0 spiro atoms. The zero-order valence-electron chi connectivity index (χ0n) is 18.5. The van der Waals surface area contributed by atoms with Crippen LogP contribution in [0.1, 0.15) is 48.4 Å². The van der Waals surface area contributed by atoms with Crippen molar-refractivity contribution in [2.45, 2.75) is 39.8 Å². The molecule has 0 bridgehead atoms. The van der Waals surface area contributed by atoms with E-state index in [4.69, 9.17) is 4.98 Å². The molecule has 0 fully saturated rings. The first kappa shape index (κ1) is 21.7. The monoisotopic (exact) mass is 447 g/mol. The van der Waals surface area contributed by atoms with Crippen LogP contribution in [0.15, 0.2) is 54.0 Å². The molecule has 0 atom stereocenters. The molecule has 0 aliphatic heterocycles. The number of benzene rings is 1. The maximum Gasteiger partial charge on any atom is 0.256 e. The van der Waals surface area contributed by atoms with Crippen molar-refractivity contribution in [2.75, 3.05) is 5.32 Å². The molecule has 0 saturated heterocycles. The Bertz CT molecular complexity index is 1270. The van der Waals surface area contributed by atoms with E-state index in [0.29, 0.717) is 34.4 Å². The topological polar surface area (TPSA) is 88.9 Å². The number of rotatable bonds is 5. The zero-order valence-corrected chi connectivity index (χ0v) is 19.3. The van der Waals surface area contributed by atoms with E-state index in [1.165, 1.54) is 0 Å². The second kappa shape index (κ2) is 8.55. The fraction of sp³-hybridized carbons (Fsp3) is 0.250. The lowest BCUT2D eigenvalue weighted by Crippen LogP contribution is -2.40. The van der Waals surface area contributed by atoms with Gasteiger partial charge in [0.2, 0.25) is 0 Å². The summed E-state index contributed by atoms with van der Waals surface area (Å²) in [5.41, 5.74) is 2.74. The fourth-order valence-corrected chi connectivity index (χ4v) is 4.02. The molecular weight excluding hydrogens is 422 g/mol. The van der Waals surface area contributed by atoms with Gasteiger partial charge in [-0.25, -0.2) is 9.67 Å². The Balaban J connectivity index is 1.63.